The first-order valence-electron chi connectivity index (χ1n) is 8.20. The molecule has 0 unspecified atom stereocenters. The van der Waals surface area contributed by atoms with Crippen molar-refractivity contribution in [2.45, 2.75) is 25.9 Å². The molecule has 0 aliphatic carbocycles. The molecule has 2 heterocycles. The first-order chi connectivity index (χ1) is 10.7. The van der Waals surface area contributed by atoms with Crippen molar-refractivity contribution >= 4 is 11.6 Å². The van der Waals surface area contributed by atoms with Gasteiger partial charge in [-0.15, -0.1) is 0 Å². The summed E-state index contributed by atoms with van der Waals surface area (Å²) in [5.41, 5.74) is 2.97. The Labute approximate surface area is 131 Å². The fourth-order valence-electron chi connectivity index (χ4n) is 3.19. The number of amides is 1. The monoisotopic (exact) mass is 305 g/mol. The third-order valence-electron chi connectivity index (χ3n) is 4.53. The lowest BCUT2D eigenvalue weighted by Crippen LogP contribution is -2.43. The number of nitrogens with one attached hydrogen (secondary N) is 1. The van der Waals surface area contributed by atoms with Crippen molar-refractivity contribution in [3.63, 3.8) is 0 Å². The van der Waals surface area contributed by atoms with E-state index in [0.29, 0.717) is 18.5 Å². The number of hydrogen-bond donors (Lipinski definition) is 1. The summed E-state index contributed by atoms with van der Waals surface area (Å²) >= 11 is 0. The van der Waals surface area contributed by atoms with Crippen LogP contribution >= 0.6 is 0 Å². The van der Waals surface area contributed by atoms with Gasteiger partial charge in [-0.1, -0.05) is 6.92 Å². The van der Waals surface area contributed by atoms with Crippen LogP contribution in [-0.2, 0) is 6.42 Å². The van der Waals surface area contributed by atoms with E-state index in [0.717, 1.165) is 43.9 Å². The molecule has 120 valence electrons. The fraction of sp³-hybridized carbons (Fsp3) is 0.588. The zero-order chi connectivity index (χ0) is 15.5. The number of likely N-dealkylation sites (tertiary alicyclic amines) is 1. The minimum Gasteiger partial charge on any atom is -0.369 e. The zero-order valence-electron chi connectivity index (χ0n) is 13.1. The van der Waals surface area contributed by atoms with Gasteiger partial charge in [0.1, 0.15) is 6.17 Å². The van der Waals surface area contributed by atoms with Crippen molar-refractivity contribution in [3.8, 4) is 0 Å². The van der Waals surface area contributed by atoms with Crippen molar-refractivity contribution in [1.29, 1.82) is 0 Å². The highest BCUT2D eigenvalue weighted by Crippen LogP contribution is 2.23. The molecular formula is C17H24FN3O. The highest BCUT2D eigenvalue weighted by atomic mass is 19.1. The van der Waals surface area contributed by atoms with Crippen LogP contribution in [0.25, 0.3) is 0 Å². The lowest BCUT2D eigenvalue weighted by Gasteiger charge is -2.30. The van der Waals surface area contributed by atoms with Crippen LogP contribution in [0.15, 0.2) is 18.2 Å². The second kappa shape index (κ2) is 6.65. The maximum Gasteiger partial charge on any atom is 0.254 e. The zero-order valence-corrected chi connectivity index (χ0v) is 13.1. The van der Waals surface area contributed by atoms with E-state index in [2.05, 4.69) is 23.2 Å². The number of anilines is 1. The molecule has 1 amide bonds. The highest BCUT2D eigenvalue weighted by Gasteiger charge is 2.27. The van der Waals surface area contributed by atoms with Gasteiger partial charge in [0.2, 0.25) is 0 Å². The Balaban J connectivity index is 1.85. The van der Waals surface area contributed by atoms with Crippen molar-refractivity contribution in [2.24, 2.45) is 0 Å². The van der Waals surface area contributed by atoms with Crippen LogP contribution in [0, 0.1) is 0 Å². The molecule has 0 radical (unpaired) electrons. The van der Waals surface area contributed by atoms with Crippen molar-refractivity contribution in [2.75, 3.05) is 44.2 Å². The summed E-state index contributed by atoms with van der Waals surface area (Å²) in [4.78, 5) is 16.6. The van der Waals surface area contributed by atoms with E-state index >= 15 is 0 Å². The highest BCUT2D eigenvalue weighted by molar-refractivity contribution is 5.95. The van der Waals surface area contributed by atoms with Crippen LogP contribution in [0.1, 0.15) is 29.3 Å². The van der Waals surface area contributed by atoms with Gasteiger partial charge in [0.15, 0.2) is 0 Å². The molecule has 22 heavy (non-hydrogen) atoms. The number of halogens is 1. The normalized spacial score (nSPS) is 22.2. The summed E-state index contributed by atoms with van der Waals surface area (Å²) in [6.45, 7) is 6.70. The molecule has 1 atom stereocenters. The molecule has 0 bridgehead atoms. The number of benzene rings is 1. The first kappa shape index (κ1) is 15.3. The number of carbonyl (C=O) groups excluding carboxylic acids is 1. The Morgan fingerprint density at radius 2 is 2.05 bits per heavy atom. The van der Waals surface area contributed by atoms with Gasteiger partial charge in [-0.05, 0) is 36.6 Å². The molecular weight excluding hydrogens is 281 g/mol. The van der Waals surface area contributed by atoms with Gasteiger partial charge < -0.3 is 15.1 Å². The maximum atomic E-state index is 13.4. The van der Waals surface area contributed by atoms with E-state index in [1.54, 1.807) is 4.90 Å². The number of hydrogen-bond acceptors (Lipinski definition) is 3. The quantitative estimate of drug-likeness (QED) is 0.925. The van der Waals surface area contributed by atoms with Crippen LogP contribution in [0.2, 0.25) is 0 Å². The predicted octanol–water partition coefficient (Wildman–Crippen LogP) is 1.84. The Morgan fingerprint density at radius 3 is 2.68 bits per heavy atom. The Bertz CT molecular complexity index is 543. The molecule has 4 nitrogen and oxygen atoms in total. The van der Waals surface area contributed by atoms with Crippen LogP contribution in [0.5, 0.6) is 0 Å². The third-order valence-corrected chi connectivity index (χ3v) is 4.53. The Morgan fingerprint density at radius 1 is 1.27 bits per heavy atom. The first-order valence-corrected chi connectivity index (χ1v) is 8.20. The summed E-state index contributed by atoms with van der Waals surface area (Å²) in [6.07, 6.45) is 0.487. The van der Waals surface area contributed by atoms with Gasteiger partial charge in [0.05, 0.1) is 6.54 Å². The van der Waals surface area contributed by atoms with Crippen molar-refractivity contribution < 1.29 is 9.18 Å². The largest absolute Gasteiger partial charge is 0.369 e. The topological polar surface area (TPSA) is 35.6 Å². The van der Waals surface area contributed by atoms with E-state index in [1.807, 2.05) is 12.1 Å². The smallest absolute Gasteiger partial charge is 0.254 e. The molecule has 5 heteroatoms. The molecule has 2 fully saturated rings. The van der Waals surface area contributed by atoms with Gasteiger partial charge in [0, 0.05) is 44.0 Å². The van der Waals surface area contributed by atoms with Crippen LogP contribution in [-0.4, -0.2) is 56.2 Å². The molecule has 0 spiro atoms. The lowest BCUT2D eigenvalue weighted by molar-refractivity contribution is 0.0782. The van der Waals surface area contributed by atoms with Gasteiger partial charge in [-0.3, -0.25) is 4.79 Å². The molecule has 2 aliphatic rings. The summed E-state index contributed by atoms with van der Waals surface area (Å²) < 4.78 is 13.4. The summed E-state index contributed by atoms with van der Waals surface area (Å²) in [5, 5.41) is 3.34. The number of rotatable bonds is 3. The van der Waals surface area contributed by atoms with Gasteiger partial charge >= 0.3 is 0 Å². The maximum absolute atomic E-state index is 13.4. The van der Waals surface area contributed by atoms with E-state index in [4.69, 9.17) is 0 Å². The number of alkyl halides is 1. The second-order valence-corrected chi connectivity index (χ2v) is 6.12. The van der Waals surface area contributed by atoms with Crippen LogP contribution in [0.4, 0.5) is 10.1 Å². The fourth-order valence-corrected chi connectivity index (χ4v) is 3.19. The summed E-state index contributed by atoms with van der Waals surface area (Å²) in [7, 11) is 0. The van der Waals surface area contributed by atoms with E-state index in [1.165, 1.54) is 0 Å². The lowest BCUT2D eigenvalue weighted by atomic mass is 10.1. The molecule has 2 saturated heterocycles. The Kier molecular flexibility index (Phi) is 4.62. The molecule has 1 N–H and O–H groups in total. The van der Waals surface area contributed by atoms with Crippen molar-refractivity contribution in [3.05, 3.63) is 29.3 Å². The second-order valence-electron chi connectivity index (χ2n) is 6.12. The van der Waals surface area contributed by atoms with E-state index in [-0.39, 0.29) is 12.5 Å². The SMILES string of the molecule is CCc1cc(C(=O)N2CC[C@H](F)C2)cc(N2CCNCC2)c1. The summed E-state index contributed by atoms with van der Waals surface area (Å²) in [5.74, 6) is -0.0353. The minimum atomic E-state index is -0.869. The van der Waals surface area contributed by atoms with Gasteiger partial charge in [-0.2, -0.15) is 0 Å². The van der Waals surface area contributed by atoms with E-state index < -0.39 is 6.17 Å². The third kappa shape index (κ3) is 3.24. The number of nitrogens with zero attached hydrogens (tertiary/aromatic N) is 2. The van der Waals surface area contributed by atoms with Crippen molar-refractivity contribution in [1.82, 2.24) is 10.2 Å². The molecule has 0 saturated carbocycles. The van der Waals surface area contributed by atoms with Crippen LogP contribution in [0.3, 0.4) is 0 Å². The molecule has 0 aromatic heterocycles. The number of piperazine rings is 1. The summed E-state index contributed by atoms with van der Waals surface area (Å²) in [6, 6.07) is 6.10. The average molecular weight is 305 g/mol. The molecule has 1 aromatic carbocycles. The minimum absolute atomic E-state index is 0.0353. The number of carbonyl (C=O) groups is 1. The van der Waals surface area contributed by atoms with Crippen LogP contribution < -0.4 is 10.2 Å². The van der Waals surface area contributed by atoms with E-state index in [9.17, 15) is 9.18 Å². The predicted molar refractivity (Wildman–Crippen MR) is 86.3 cm³/mol. The standard InChI is InChI=1S/C17H24FN3O/c1-2-13-9-14(17(22)21-6-3-15(18)12-21)11-16(10-13)20-7-4-19-5-8-20/h9-11,15,19H,2-8,12H2,1H3/t15-/m0/s1. The molecule has 1 aromatic rings. The molecule has 2 aliphatic heterocycles. The van der Waals surface area contributed by atoms with Gasteiger partial charge in [-0.25, -0.2) is 4.39 Å². The number of aryl methyl sites for hydroxylation is 1. The Hall–Kier alpha value is -1.62. The van der Waals surface area contributed by atoms with Gasteiger partial charge in [0.25, 0.3) is 5.91 Å². The molecule has 3 rings (SSSR count). The average Bonchev–Trinajstić information content (AvgIpc) is 3.01.